The second-order valence-electron chi connectivity index (χ2n) is 7.35. The molecule has 2 aromatic carbocycles. The van der Waals surface area contributed by atoms with Gasteiger partial charge in [0.2, 0.25) is 5.91 Å². The summed E-state index contributed by atoms with van der Waals surface area (Å²) in [7, 11) is 0. The van der Waals surface area contributed by atoms with E-state index in [2.05, 4.69) is 29.4 Å². The molecular weight excluding hydrogens is 394 g/mol. The van der Waals surface area contributed by atoms with Crippen molar-refractivity contribution in [2.24, 2.45) is 10.2 Å². The summed E-state index contributed by atoms with van der Waals surface area (Å²) in [6.45, 7) is 8.01. The molecule has 8 heteroatoms. The molecule has 0 unspecified atom stereocenters. The number of hydrogen-bond donors (Lipinski definition) is 3. The van der Waals surface area contributed by atoms with Gasteiger partial charge >= 0.3 is 0 Å². The molecule has 4 N–H and O–H groups in total. The van der Waals surface area contributed by atoms with E-state index in [0.29, 0.717) is 17.9 Å². The number of amides is 1. The fraction of sp³-hybridized carbons (Fsp3) is 0.391. The minimum atomic E-state index is -1.22. The monoisotopic (exact) mass is 426 g/mol. The zero-order valence-electron chi connectivity index (χ0n) is 18.2. The number of nitrogens with one attached hydrogen (secondary N) is 2. The lowest BCUT2D eigenvalue weighted by atomic mass is 10.2. The zero-order valence-corrected chi connectivity index (χ0v) is 18.2. The normalized spacial score (nSPS) is 12.2. The molecule has 31 heavy (non-hydrogen) atoms. The van der Waals surface area contributed by atoms with E-state index < -0.39 is 12.0 Å². The van der Waals surface area contributed by atoms with Crippen LogP contribution in [0, 0.1) is 0 Å². The molecular formula is C23H32N5O3+. The summed E-state index contributed by atoms with van der Waals surface area (Å²) in [6.07, 6.45) is 0.747. The zero-order chi connectivity index (χ0) is 22.5. The lowest BCUT2D eigenvalue weighted by Crippen LogP contribution is -3.11. The maximum atomic E-state index is 12.3. The van der Waals surface area contributed by atoms with Crippen LogP contribution in [0.25, 0.3) is 0 Å². The first-order chi connectivity index (χ1) is 15.0. The van der Waals surface area contributed by atoms with Gasteiger partial charge in [-0.3, -0.25) is 4.79 Å². The summed E-state index contributed by atoms with van der Waals surface area (Å²) in [4.78, 5) is 25.2. The molecule has 0 bridgehead atoms. The van der Waals surface area contributed by atoms with Crippen LogP contribution in [0.2, 0.25) is 0 Å². The molecule has 0 fully saturated rings. The Bertz CT molecular complexity index is 836. The molecule has 0 aliphatic heterocycles. The Kier molecular flexibility index (Phi) is 10.3. The molecule has 0 aromatic heterocycles. The van der Waals surface area contributed by atoms with E-state index in [9.17, 15) is 14.7 Å². The largest absolute Gasteiger partial charge is 0.544 e. The minimum absolute atomic E-state index is 0.143. The molecule has 0 radical (unpaired) electrons. The average Bonchev–Trinajstić information content (AvgIpc) is 2.78. The minimum Gasteiger partial charge on any atom is -0.544 e. The van der Waals surface area contributed by atoms with E-state index in [-0.39, 0.29) is 12.3 Å². The number of rotatable bonds is 13. The van der Waals surface area contributed by atoms with Crippen molar-refractivity contribution in [1.29, 1.82) is 0 Å². The van der Waals surface area contributed by atoms with Crippen molar-refractivity contribution in [3.63, 3.8) is 0 Å². The van der Waals surface area contributed by atoms with Gasteiger partial charge in [0, 0.05) is 12.1 Å². The highest BCUT2D eigenvalue weighted by atomic mass is 16.4. The van der Waals surface area contributed by atoms with E-state index in [1.54, 1.807) is 29.6 Å². The van der Waals surface area contributed by atoms with Crippen molar-refractivity contribution < 1.29 is 24.9 Å². The number of carbonyl (C=O) groups is 2. The third kappa shape index (κ3) is 9.06. The van der Waals surface area contributed by atoms with Crippen LogP contribution in [-0.2, 0) is 9.59 Å². The smallest absolute Gasteiger partial charge is 0.230 e. The number of quaternary nitrogens is 2. The number of anilines is 1. The van der Waals surface area contributed by atoms with Crippen LogP contribution in [-0.4, -0.2) is 44.1 Å². The van der Waals surface area contributed by atoms with Crippen molar-refractivity contribution >= 4 is 28.9 Å². The van der Waals surface area contributed by atoms with Gasteiger partial charge in [0.05, 0.1) is 49.9 Å². The van der Waals surface area contributed by atoms with E-state index >= 15 is 0 Å². The van der Waals surface area contributed by atoms with E-state index in [0.717, 1.165) is 31.7 Å². The molecule has 0 aliphatic rings. The maximum Gasteiger partial charge on any atom is 0.230 e. The highest BCUT2D eigenvalue weighted by Crippen LogP contribution is 2.20. The predicted molar refractivity (Wildman–Crippen MR) is 117 cm³/mol. The van der Waals surface area contributed by atoms with Gasteiger partial charge in [0.15, 0.2) is 0 Å². The second-order valence-corrected chi connectivity index (χ2v) is 7.35. The molecule has 2 rings (SSSR count). The standard InChI is InChI=1S/C23H31N5O3/c1-3-28(4-2)16-8-15-24-21(23(30)31)17-22(29)25-18-11-13-20(14-12-18)27-26-19-9-6-5-7-10-19/h5-7,9-14,21,24H,3-4,8,15-17H2,1-2H3,(H,25,29)(H,30,31)/p+1/t21-/m0/s1. The Morgan fingerprint density at radius 3 is 2.19 bits per heavy atom. The molecule has 0 heterocycles. The van der Waals surface area contributed by atoms with Gasteiger partial charge in [-0.2, -0.15) is 10.2 Å². The van der Waals surface area contributed by atoms with Gasteiger partial charge in [0.25, 0.3) is 0 Å². The number of hydrogen-bond acceptors (Lipinski definition) is 5. The van der Waals surface area contributed by atoms with Gasteiger partial charge in [-0.15, -0.1) is 0 Å². The summed E-state index contributed by atoms with van der Waals surface area (Å²) < 4.78 is 0. The molecule has 2 aromatic rings. The quantitative estimate of drug-likeness (QED) is 0.319. The Morgan fingerprint density at radius 2 is 1.61 bits per heavy atom. The molecule has 0 spiro atoms. The first-order valence-electron chi connectivity index (χ1n) is 10.8. The number of aliphatic carboxylic acids is 1. The van der Waals surface area contributed by atoms with Crippen LogP contribution in [0.4, 0.5) is 17.1 Å². The topological polar surface area (TPSA) is 115 Å². The number of benzene rings is 2. The Balaban J connectivity index is 1.81. The van der Waals surface area contributed by atoms with E-state index in [1.807, 2.05) is 30.3 Å². The summed E-state index contributed by atoms with van der Waals surface area (Å²) in [5.41, 5.74) is 1.98. The second kappa shape index (κ2) is 13.3. The SMILES string of the molecule is CC[NH+](CC)CCC[NH2+][C@@H](CC(=O)Nc1ccc(N=Nc2ccccc2)cc1)C(=O)[O-]. The number of nitrogens with zero attached hydrogens (tertiary/aromatic N) is 2. The third-order valence-corrected chi connectivity index (χ3v) is 5.08. The first kappa shape index (κ1) is 24.2. The molecule has 166 valence electrons. The van der Waals surface area contributed by atoms with Crippen molar-refractivity contribution in [3.05, 3.63) is 54.6 Å². The number of nitrogens with two attached hydrogens (primary N) is 1. The molecule has 8 nitrogen and oxygen atoms in total. The molecule has 1 atom stereocenters. The summed E-state index contributed by atoms with van der Waals surface area (Å²) in [5.74, 6) is -1.58. The fourth-order valence-electron chi connectivity index (χ4n) is 3.17. The lowest BCUT2D eigenvalue weighted by Gasteiger charge is -2.18. The maximum absolute atomic E-state index is 12.3. The predicted octanol–water partition coefficient (Wildman–Crippen LogP) is 0.427. The van der Waals surface area contributed by atoms with Crippen molar-refractivity contribution in [2.75, 3.05) is 31.5 Å². The molecule has 1 amide bonds. The van der Waals surface area contributed by atoms with Crippen LogP contribution in [0.3, 0.4) is 0 Å². The van der Waals surface area contributed by atoms with Crippen molar-refractivity contribution in [3.8, 4) is 0 Å². The van der Waals surface area contributed by atoms with Gasteiger partial charge in [-0.1, -0.05) is 18.2 Å². The van der Waals surface area contributed by atoms with Crippen LogP contribution < -0.4 is 20.6 Å². The highest BCUT2D eigenvalue weighted by molar-refractivity contribution is 5.93. The van der Waals surface area contributed by atoms with Crippen LogP contribution in [0.5, 0.6) is 0 Å². The van der Waals surface area contributed by atoms with E-state index in [4.69, 9.17) is 0 Å². The number of carboxylic acids is 1. The molecule has 0 saturated carbocycles. The van der Waals surface area contributed by atoms with Crippen LogP contribution >= 0.6 is 0 Å². The summed E-state index contributed by atoms with van der Waals surface area (Å²) >= 11 is 0. The van der Waals surface area contributed by atoms with Crippen LogP contribution in [0.1, 0.15) is 26.7 Å². The molecule has 0 saturated heterocycles. The summed E-state index contributed by atoms with van der Waals surface area (Å²) in [5, 5.41) is 24.1. The van der Waals surface area contributed by atoms with Crippen molar-refractivity contribution in [2.45, 2.75) is 32.7 Å². The Labute approximate surface area is 183 Å². The van der Waals surface area contributed by atoms with Gasteiger partial charge in [-0.05, 0) is 50.2 Å². The Morgan fingerprint density at radius 1 is 1.00 bits per heavy atom. The molecule has 0 aliphatic carbocycles. The van der Waals surface area contributed by atoms with Gasteiger partial charge in [0.1, 0.15) is 6.04 Å². The van der Waals surface area contributed by atoms with Gasteiger partial charge < -0.3 is 25.4 Å². The average molecular weight is 427 g/mol. The number of azo groups is 1. The lowest BCUT2D eigenvalue weighted by molar-refractivity contribution is -0.898. The first-order valence-corrected chi connectivity index (χ1v) is 10.8. The summed E-state index contributed by atoms with van der Waals surface area (Å²) in [6, 6.07) is 15.4. The van der Waals surface area contributed by atoms with E-state index in [1.165, 1.54) is 4.90 Å². The third-order valence-electron chi connectivity index (χ3n) is 5.08. The number of carboxylic acid groups (broad SMARTS) is 1. The number of carbonyl (C=O) groups excluding carboxylic acids is 2. The van der Waals surface area contributed by atoms with Crippen molar-refractivity contribution in [1.82, 2.24) is 0 Å². The van der Waals surface area contributed by atoms with Gasteiger partial charge in [-0.25, -0.2) is 0 Å². The van der Waals surface area contributed by atoms with Crippen LogP contribution in [0.15, 0.2) is 64.8 Å². The fourth-order valence-corrected chi connectivity index (χ4v) is 3.17. The highest BCUT2D eigenvalue weighted by Gasteiger charge is 2.18. The Hall–Kier alpha value is -3.10.